The van der Waals surface area contributed by atoms with E-state index in [0.29, 0.717) is 55.9 Å². The molecule has 7 aliphatic rings. The number of aliphatic hydroxyl groups is 1. The molecule has 0 bridgehead atoms. The zero-order valence-electron chi connectivity index (χ0n) is 31.1. The lowest BCUT2D eigenvalue weighted by molar-refractivity contribution is -0.246. The summed E-state index contributed by atoms with van der Waals surface area (Å²) < 4.78 is 5.49. The van der Waals surface area contributed by atoms with Crippen LogP contribution in [0.2, 0.25) is 0 Å². The fourth-order valence-corrected chi connectivity index (χ4v) is 14.4. The second kappa shape index (κ2) is 11.0. The van der Waals surface area contributed by atoms with E-state index < -0.39 is 0 Å². The second-order valence-electron chi connectivity index (χ2n) is 19.8. The summed E-state index contributed by atoms with van der Waals surface area (Å²) in [5.74, 6) is 2.93. The van der Waals surface area contributed by atoms with Gasteiger partial charge in [-0.25, -0.2) is 0 Å². The molecule has 0 aromatic rings. The SMILES string of the molecule is C=C(C)[C@@H]1CC[C@]2(C(=O)N[C@@H]3C[C@H](C(=O)N4CCOCC4)C3(C)C)CC[C@]3(C)[C@H](CC[C@@H]4[C@@]5(C)CC[C@H](O)C(C)(C)[C@@H]5CC[C@]43C)[C@@H]12. The number of aliphatic hydroxyl groups excluding tert-OH is 1. The van der Waals surface area contributed by atoms with E-state index in [1.165, 1.54) is 31.3 Å². The van der Waals surface area contributed by atoms with Crippen molar-refractivity contribution >= 4 is 11.8 Å². The average molecular weight is 651 g/mol. The Morgan fingerprint density at radius 1 is 0.809 bits per heavy atom. The minimum atomic E-state index is -0.343. The third-order valence-electron chi connectivity index (χ3n) is 17.7. The molecule has 6 saturated carbocycles. The van der Waals surface area contributed by atoms with Gasteiger partial charge in [0.1, 0.15) is 0 Å². The maximum Gasteiger partial charge on any atom is 0.226 e. The lowest BCUT2D eigenvalue weighted by atomic mass is 9.32. The second-order valence-corrected chi connectivity index (χ2v) is 19.8. The van der Waals surface area contributed by atoms with Crippen LogP contribution in [0, 0.1) is 68.0 Å². The molecule has 7 fully saturated rings. The summed E-state index contributed by atoms with van der Waals surface area (Å²) in [6.07, 6.45) is 11.6. The zero-order chi connectivity index (χ0) is 33.9. The molecule has 47 heavy (non-hydrogen) atoms. The molecule has 264 valence electrons. The summed E-state index contributed by atoms with van der Waals surface area (Å²) in [5.41, 5.74) is 1.29. The smallest absolute Gasteiger partial charge is 0.226 e. The predicted octanol–water partition coefficient (Wildman–Crippen LogP) is 7.39. The topological polar surface area (TPSA) is 78.9 Å². The van der Waals surface area contributed by atoms with Crippen LogP contribution >= 0.6 is 0 Å². The van der Waals surface area contributed by atoms with Crippen molar-refractivity contribution in [3.8, 4) is 0 Å². The molecular formula is C41H66N2O4. The van der Waals surface area contributed by atoms with E-state index >= 15 is 0 Å². The minimum absolute atomic E-state index is 0.0330. The number of carbonyl (C=O) groups is 2. The van der Waals surface area contributed by atoms with Gasteiger partial charge >= 0.3 is 0 Å². The van der Waals surface area contributed by atoms with Crippen molar-refractivity contribution in [3.05, 3.63) is 12.2 Å². The average Bonchev–Trinajstić information content (AvgIpc) is 3.43. The summed E-state index contributed by atoms with van der Waals surface area (Å²) in [6.45, 7) is 26.3. The first kappa shape index (κ1) is 34.1. The van der Waals surface area contributed by atoms with Gasteiger partial charge in [-0.15, -0.1) is 0 Å². The number of hydrogen-bond acceptors (Lipinski definition) is 4. The molecule has 1 aliphatic heterocycles. The lowest BCUT2D eigenvalue weighted by Gasteiger charge is -2.72. The maximum atomic E-state index is 14.8. The molecule has 12 atom stereocenters. The number of fused-ring (bicyclic) bond motifs is 7. The Hall–Kier alpha value is -1.40. The quantitative estimate of drug-likeness (QED) is 0.311. The van der Waals surface area contributed by atoms with Crippen LogP contribution in [0.1, 0.15) is 126 Å². The van der Waals surface area contributed by atoms with Gasteiger partial charge in [0.15, 0.2) is 0 Å². The van der Waals surface area contributed by atoms with Crippen molar-refractivity contribution < 1.29 is 19.4 Å². The number of carbonyl (C=O) groups excluding carboxylic acids is 2. The fourth-order valence-electron chi connectivity index (χ4n) is 14.4. The summed E-state index contributed by atoms with van der Waals surface area (Å²) in [7, 11) is 0. The van der Waals surface area contributed by atoms with E-state index in [1.807, 2.05) is 4.90 Å². The first-order valence-corrected chi connectivity index (χ1v) is 19.5. The van der Waals surface area contributed by atoms with Gasteiger partial charge in [0.25, 0.3) is 0 Å². The highest BCUT2D eigenvalue weighted by Crippen LogP contribution is 2.77. The third kappa shape index (κ3) is 4.53. The summed E-state index contributed by atoms with van der Waals surface area (Å²) in [5, 5.41) is 14.7. The van der Waals surface area contributed by atoms with Gasteiger partial charge < -0.3 is 20.1 Å². The number of amides is 2. The predicted molar refractivity (Wildman–Crippen MR) is 186 cm³/mol. The minimum Gasteiger partial charge on any atom is -0.393 e. The highest BCUT2D eigenvalue weighted by Gasteiger charge is 2.72. The molecule has 1 saturated heterocycles. The largest absolute Gasteiger partial charge is 0.393 e. The molecule has 0 spiro atoms. The van der Waals surface area contributed by atoms with Gasteiger partial charge in [-0.2, -0.15) is 0 Å². The molecule has 2 N–H and O–H groups in total. The molecule has 2 amide bonds. The molecule has 7 rings (SSSR count). The van der Waals surface area contributed by atoms with Crippen LogP contribution in [-0.2, 0) is 14.3 Å². The standard InChI is InChI=1S/C41H66N2O4/c1-25(2)26-12-17-41(35(46)42-31-24-28(36(31,3)4)34(45)43-20-22-47-23-21-43)19-18-39(8)27(33(26)41)10-11-30-38(7)15-14-32(44)37(5,6)29(38)13-16-40(30,39)9/h26-33,44H,1,10-24H2,2-9H3,(H,42,46)/t26-,27+,28+,29-,30+,31+,32-,33+,38-,39+,40+,41-/m0/s1. The molecule has 6 aliphatic carbocycles. The molecule has 6 nitrogen and oxygen atoms in total. The van der Waals surface area contributed by atoms with E-state index in [2.05, 4.69) is 67.3 Å². The van der Waals surface area contributed by atoms with Crippen LogP contribution in [0.15, 0.2) is 12.2 Å². The van der Waals surface area contributed by atoms with Crippen molar-refractivity contribution in [1.29, 1.82) is 0 Å². The Balaban J connectivity index is 1.15. The van der Waals surface area contributed by atoms with Crippen LogP contribution in [0.5, 0.6) is 0 Å². The van der Waals surface area contributed by atoms with E-state index in [0.717, 1.165) is 44.9 Å². The van der Waals surface area contributed by atoms with Crippen molar-refractivity contribution in [2.24, 2.45) is 68.0 Å². The van der Waals surface area contributed by atoms with Crippen LogP contribution in [0.25, 0.3) is 0 Å². The Labute approximate surface area is 285 Å². The van der Waals surface area contributed by atoms with E-state index in [9.17, 15) is 14.7 Å². The van der Waals surface area contributed by atoms with E-state index in [-0.39, 0.29) is 62.4 Å². The van der Waals surface area contributed by atoms with Gasteiger partial charge in [-0.3, -0.25) is 9.59 Å². The lowest BCUT2D eigenvalue weighted by Crippen LogP contribution is -2.68. The van der Waals surface area contributed by atoms with E-state index in [4.69, 9.17) is 4.74 Å². The Morgan fingerprint density at radius 3 is 2.17 bits per heavy atom. The van der Waals surface area contributed by atoms with Crippen molar-refractivity contribution in [2.75, 3.05) is 26.3 Å². The van der Waals surface area contributed by atoms with Crippen LogP contribution in [0.4, 0.5) is 0 Å². The Morgan fingerprint density at radius 2 is 1.51 bits per heavy atom. The number of ether oxygens (including phenoxy) is 1. The number of morpholine rings is 1. The van der Waals surface area contributed by atoms with Gasteiger partial charge in [0.05, 0.1) is 24.7 Å². The number of nitrogens with one attached hydrogen (secondary N) is 1. The van der Waals surface area contributed by atoms with Crippen molar-refractivity contribution in [1.82, 2.24) is 10.2 Å². The molecule has 0 radical (unpaired) electrons. The van der Waals surface area contributed by atoms with Crippen molar-refractivity contribution in [3.63, 3.8) is 0 Å². The van der Waals surface area contributed by atoms with Crippen molar-refractivity contribution in [2.45, 2.75) is 138 Å². The molecule has 0 unspecified atom stereocenters. The van der Waals surface area contributed by atoms with Crippen LogP contribution in [-0.4, -0.2) is 60.3 Å². The van der Waals surface area contributed by atoms with Gasteiger partial charge in [0, 0.05) is 25.0 Å². The monoisotopic (exact) mass is 651 g/mol. The Kier molecular flexibility index (Phi) is 8.01. The van der Waals surface area contributed by atoms with Crippen LogP contribution in [0.3, 0.4) is 0 Å². The molecular weight excluding hydrogens is 584 g/mol. The molecule has 0 aromatic carbocycles. The van der Waals surface area contributed by atoms with Crippen LogP contribution < -0.4 is 5.32 Å². The number of rotatable bonds is 4. The third-order valence-corrected chi connectivity index (χ3v) is 17.7. The summed E-state index contributed by atoms with van der Waals surface area (Å²) in [4.78, 5) is 30.3. The maximum absolute atomic E-state index is 14.8. The first-order chi connectivity index (χ1) is 21.9. The number of allylic oxidation sites excluding steroid dienone is 1. The summed E-state index contributed by atoms with van der Waals surface area (Å²) >= 11 is 0. The Bertz CT molecular complexity index is 1300. The first-order valence-electron chi connectivity index (χ1n) is 19.5. The fraction of sp³-hybridized carbons (Fsp3) is 0.902. The van der Waals surface area contributed by atoms with E-state index in [1.54, 1.807) is 0 Å². The molecule has 1 heterocycles. The van der Waals surface area contributed by atoms with Gasteiger partial charge in [-0.05, 0) is 134 Å². The number of nitrogens with zero attached hydrogens (tertiary/aromatic N) is 1. The molecule has 0 aromatic heterocycles. The number of hydrogen-bond donors (Lipinski definition) is 2. The normalized spacial score (nSPS) is 49.8. The zero-order valence-corrected chi connectivity index (χ0v) is 31.1. The van der Waals surface area contributed by atoms with Gasteiger partial charge in [0.2, 0.25) is 11.8 Å². The summed E-state index contributed by atoms with van der Waals surface area (Å²) in [6, 6.07) is 0.0330. The molecule has 6 heteroatoms. The highest BCUT2D eigenvalue weighted by molar-refractivity contribution is 5.86. The van der Waals surface area contributed by atoms with Gasteiger partial charge in [-0.1, -0.05) is 60.6 Å². The highest BCUT2D eigenvalue weighted by atomic mass is 16.5.